The van der Waals surface area contributed by atoms with Crippen molar-refractivity contribution in [3.05, 3.63) is 58.6 Å². The molecule has 9 heteroatoms. The summed E-state index contributed by atoms with van der Waals surface area (Å²) in [5.74, 6) is -0.309. The first-order valence-corrected chi connectivity index (χ1v) is 12.2. The summed E-state index contributed by atoms with van der Waals surface area (Å²) >= 11 is 0. The van der Waals surface area contributed by atoms with Crippen LogP contribution in [0.3, 0.4) is 0 Å². The van der Waals surface area contributed by atoms with Crippen molar-refractivity contribution in [2.45, 2.75) is 44.0 Å². The van der Waals surface area contributed by atoms with Gasteiger partial charge in [-0.3, -0.25) is 9.36 Å². The molecule has 2 aromatic carbocycles. The first-order chi connectivity index (χ1) is 15.4. The second-order valence-electron chi connectivity index (χ2n) is 7.78. The van der Waals surface area contributed by atoms with Crippen LogP contribution in [0.4, 0.5) is 0 Å². The van der Waals surface area contributed by atoms with Gasteiger partial charge in [-0.2, -0.15) is 4.31 Å². The predicted molar refractivity (Wildman–Crippen MR) is 120 cm³/mol. The van der Waals surface area contributed by atoms with Gasteiger partial charge in [-0.05, 0) is 56.2 Å². The van der Waals surface area contributed by atoms with E-state index in [0.717, 1.165) is 25.7 Å². The number of ether oxygens (including phenoxy) is 1. The van der Waals surface area contributed by atoms with Crippen molar-refractivity contribution in [2.24, 2.45) is 0 Å². The molecule has 1 aromatic heterocycles. The van der Waals surface area contributed by atoms with Crippen LogP contribution in [0.5, 0.6) is 5.75 Å². The molecule has 1 aliphatic heterocycles. The van der Waals surface area contributed by atoms with Gasteiger partial charge < -0.3 is 9.15 Å². The smallest absolute Gasteiger partial charge is 0.420 e. The highest BCUT2D eigenvalue weighted by Crippen LogP contribution is 2.24. The van der Waals surface area contributed by atoms with Gasteiger partial charge in [-0.25, -0.2) is 13.2 Å². The lowest BCUT2D eigenvalue weighted by atomic mass is 10.1. The van der Waals surface area contributed by atoms with Crippen molar-refractivity contribution in [3.63, 3.8) is 0 Å². The number of hydrogen-bond donors (Lipinski definition) is 0. The third kappa shape index (κ3) is 4.49. The summed E-state index contributed by atoms with van der Waals surface area (Å²) in [5, 5.41) is 0. The Hall–Kier alpha value is -2.91. The molecule has 0 spiro atoms. The van der Waals surface area contributed by atoms with Gasteiger partial charge in [0.05, 0.1) is 23.6 Å². The molecule has 170 valence electrons. The lowest BCUT2D eigenvalue weighted by Gasteiger charge is -2.19. The Bertz CT molecular complexity index is 1270. The van der Waals surface area contributed by atoms with Gasteiger partial charge in [-0.15, -0.1) is 0 Å². The molecule has 0 aliphatic carbocycles. The van der Waals surface area contributed by atoms with Crippen LogP contribution in [0, 0.1) is 0 Å². The maximum Gasteiger partial charge on any atom is 0.420 e. The zero-order valence-corrected chi connectivity index (χ0v) is 18.8. The van der Waals surface area contributed by atoms with Crippen molar-refractivity contribution >= 4 is 26.9 Å². The highest BCUT2D eigenvalue weighted by Gasteiger charge is 2.26. The molecule has 1 fully saturated rings. The minimum Gasteiger partial charge on any atom is -0.494 e. The topological polar surface area (TPSA) is 98.8 Å². The summed E-state index contributed by atoms with van der Waals surface area (Å²) < 4.78 is 39.5. The minimum atomic E-state index is -3.67. The Kier molecular flexibility index (Phi) is 6.48. The Labute approximate surface area is 186 Å². The van der Waals surface area contributed by atoms with E-state index in [4.69, 9.17) is 9.15 Å². The van der Waals surface area contributed by atoms with E-state index in [-0.39, 0.29) is 22.8 Å². The van der Waals surface area contributed by atoms with E-state index in [1.54, 1.807) is 24.3 Å². The number of fused-ring (bicyclic) bond motifs is 1. The third-order valence-corrected chi connectivity index (χ3v) is 7.53. The van der Waals surface area contributed by atoms with Crippen molar-refractivity contribution in [1.29, 1.82) is 0 Å². The van der Waals surface area contributed by atoms with Crippen LogP contribution in [-0.2, 0) is 16.6 Å². The zero-order valence-electron chi connectivity index (χ0n) is 18.0. The largest absolute Gasteiger partial charge is 0.494 e. The highest BCUT2D eigenvalue weighted by atomic mass is 32.2. The SMILES string of the molecule is CCOc1ccc(C(=O)Cn2c(=O)oc3cc(S(=O)(=O)N4CCCCCC4)ccc32)cc1. The molecule has 8 nitrogen and oxygen atoms in total. The number of nitrogens with zero attached hydrogens (tertiary/aromatic N) is 2. The van der Waals surface area contributed by atoms with Gasteiger partial charge in [0, 0.05) is 24.7 Å². The second-order valence-corrected chi connectivity index (χ2v) is 9.72. The normalized spacial score (nSPS) is 15.5. The van der Waals surface area contributed by atoms with Gasteiger partial charge in [0.25, 0.3) is 0 Å². The number of ketones is 1. The number of aromatic nitrogens is 1. The number of hydrogen-bond acceptors (Lipinski definition) is 6. The van der Waals surface area contributed by atoms with E-state index in [0.29, 0.717) is 36.5 Å². The van der Waals surface area contributed by atoms with Gasteiger partial charge >= 0.3 is 5.76 Å². The van der Waals surface area contributed by atoms with Crippen LogP contribution in [0.25, 0.3) is 11.1 Å². The molecule has 1 saturated heterocycles. The summed E-state index contributed by atoms with van der Waals surface area (Å²) in [6.07, 6.45) is 3.71. The first-order valence-electron chi connectivity index (χ1n) is 10.8. The highest BCUT2D eigenvalue weighted by molar-refractivity contribution is 7.89. The van der Waals surface area contributed by atoms with Crippen LogP contribution >= 0.6 is 0 Å². The van der Waals surface area contributed by atoms with Gasteiger partial charge in [0.2, 0.25) is 10.0 Å². The molecule has 3 aromatic rings. The molecule has 2 heterocycles. The van der Waals surface area contributed by atoms with Crippen molar-refractivity contribution in [1.82, 2.24) is 8.87 Å². The van der Waals surface area contributed by atoms with E-state index >= 15 is 0 Å². The lowest BCUT2D eigenvalue weighted by molar-refractivity contribution is 0.0970. The number of carbonyl (C=O) groups is 1. The number of benzene rings is 2. The Balaban J connectivity index is 1.59. The molecule has 32 heavy (non-hydrogen) atoms. The molecular formula is C23H26N2O6S. The molecule has 0 atom stereocenters. The van der Waals surface area contributed by atoms with Crippen LogP contribution in [0.1, 0.15) is 43.0 Å². The fourth-order valence-corrected chi connectivity index (χ4v) is 5.46. The van der Waals surface area contributed by atoms with E-state index in [1.165, 1.54) is 27.1 Å². The van der Waals surface area contributed by atoms with E-state index in [9.17, 15) is 18.0 Å². The number of Topliss-reactive ketones (excluding diaryl/α,β-unsaturated/α-hetero) is 1. The summed E-state index contributed by atoms with van der Waals surface area (Å²) in [6, 6.07) is 11.1. The number of carbonyl (C=O) groups excluding carboxylic acids is 1. The third-order valence-electron chi connectivity index (χ3n) is 5.63. The summed E-state index contributed by atoms with van der Waals surface area (Å²) in [5.41, 5.74) is 0.963. The lowest BCUT2D eigenvalue weighted by Crippen LogP contribution is -2.31. The molecule has 0 saturated carbocycles. The number of oxazole rings is 1. The van der Waals surface area contributed by atoms with Crippen molar-refractivity contribution in [3.8, 4) is 5.75 Å². The summed E-state index contributed by atoms with van der Waals surface area (Å²) in [4.78, 5) is 25.2. The molecule has 0 N–H and O–H groups in total. The fourth-order valence-electron chi connectivity index (χ4n) is 3.93. The fraction of sp³-hybridized carbons (Fsp3) is 0.391. The first kappa shape index (κ1) is 22.3. The second kappa shape index (κ2) is 9.30. The maximum atomic E-state index is 13.0. The van der Waals surface area contributed by atoms with Gasteiger partial charge in [0.1, 0.15) is 5.75 Å². The standard InChI is InChI=1S/C23H26N2O6S/c1-2-30-18-9-7-17(8-10-18)21(26)16-25-20-12-11-19(15-22(20)31-23(25)27)32(28,29)24-13-5-3-4-6-14-24/h7-12,15H,2-6,13-14,16H2,1H3. The van der Waals surface area contributed by atoms with E-state index in [1.807, 2.05) is 6.92 Å². The number of sulfonamides is 1. The maximum absolute atomic E-state index is 13.0. The monoisotopic (exact) mass is 458 g/mol. The predicted octanol–water partition coefficient (Wildman–Crippen LogP) is 3.44. The Morgan fingerprint density at radius 1 is 1.03 bits per heavy atom. The summed E-state index contributed by atoms with van der Waals surface area (Å²) in [6.45, 7) is 3.17. The Morgan fingerprint density at radius 3 is 2.38 bits per heavy atom. The van der Waals surface area contributed by atoms with Crippen LogP contribution in [0.2, 0.25) is 0 Å². The van der Waals surface area contributed by atoms with Crippen LogP contribution in [-0.4, -0.2) is 42.8 Å². The molecule has 0 bridgehead atoms. The molecule has 1 aliphatic rings. The average Bonchev–Trinajstić information content (AvgIpc) is 2.96. The van der Waals surface area contributed by atoms with Crippen molar-refractivity contribution in [2.75, 3.05) is 19.7 Å². The molecule has 0 radical (unpaired) electrons. The molecular weight excluding hydrogens is 432 g/mol. The van der Waals surface area contributed by atoms with Crippen molar-refractivity contribution < 1.29 is 22.4 Å². The van der Waals surface area contributed by atoms with Crippen LogP contribution < -0.4 is 10.5 Å². The average molecular weight is 459 g/mol. The quantitative estimate of drug-likeness (QED) is 0.503. The molecule has 4 rings (SSSR count). The summed E-state index contributed by atoms with van der Waals surface area (Å²) in [7, 11) is -3.67. The Morgan fingerprint density at radius 2 is 1.72 bits per heavy atom. The van der Waals surface area contributed by atoms with E-state index in [2.05, 4.69) is 0 Å². The van der Waals surface area contributed by atoms with Crippen LogP contribution in [0.15, 0.2) is 56.6 Å². The minimum absolute atomic E-state index is 0.0886. The molecule has 0 unspecified atom stereocenters. The van der Waals surface area contributed by atoms with Gasteiger partial charge in [0.15, 0.2) is 11.4 Å². The van der Waals surface area contributed by atoms with Gasteiger partial charge in [-0.1, -0.05) is 12.8 Å². The molecule has 0 amide bonds. The van der Waals surface area contributed by atoms with E-state index < -0.39 is 15.8 Å². The number of rotatable bonds is 7. The zero-order chi connectivity index (χ0) is 22.7.